The van der Waals surface area contributed by atoms with Crippen LogP contribution in [-0.2, 0) is 4.79 Å². The summed E-state index contributed by atoms with van der Waals surface area (Å²) in [5.41, 5.74) is 1.03. The highest BCUT2D eigenvalue weighted by molar-refractivity contribution is 5.89. The highest BCUT2D eigenvalue weighted by Gasteiger charge is 2.16. The Morgan fingerprint density at radius 3 is 2.81 bits per heavy atom. The molecule has 1 aromatic rings. The van der Waals surface area contributed by atoms with Crippen LogP contribution < -0.4 is 16.0 Å². The standard InChI is InChI=1S/C11H14FN3O/c1-7(16)14-11-4-8(2-3-10(11)12)15-9-5-13-6-9/h2-4,9,13,15H,5-6H2,1H3,(H,14,16). The quantitative estimate of drug-likeness (QED) is 0.721. The molecule has 0 atom stereocenters. The monoisotopic (exact) mass is 223 g/mol. The zero-order valence-corrected chi connectivity index (χ0v) is 9.01. The van der Waals surface area contributed by atoms with Crippen LogP contribution in [0.1, 0.15) is 6.92 Å². The van der Waals surface area contributed by atoms with Crippen LogP contribution in [0.4, 0.5) is 15.8 Å². The summed E-state index contributed by atoms with van der Waals surface area (Å²) in [6, 6.07) is 5.00. The summed E-state index contributed by atoms with van der Waals surface area (Å²) in [7, 11) is 0. The SMILES string of the molecule is CC(=O)Nc1cc(NC2CNC2)ccc1F. The van der Waals surface area contributed by atoms with E-state index in [2.05, 4.69) is 16.0 Å². The Bertz CT molecular complexity index is 404. The molecule has 0 radical (unpaired) electrons. The van der Waals surface area contributed by atoms with E-state index in [9.17, 15) is 9.18 Å². The molecule has 1 amide bonds. The van der Waals surface area contributed by atoms with Gasteiger partial charge in [-0.15, -0.1) is 0 Å². The van der Waals surface area contributed by atoms with Crippen LogP contribution in [0.2, 0.25) is 0 Å². The molecule has 3 N–H and O–H groups in total. The molecule has 1 aliphatic rings. The predicted octanol–water partition coefficient (Wildman–Crippen LogP) is 1.17. The van der Waals surface area contributed by atoms with Crippen molar-refractivity contribution in [1.29, 1.82) is 0 Å². The van der Waals surface area contributed by atoms with Crippen molar-refractivity contribution < 1.29 is 9.18 Å². The van der Waals surface area contributed by atoms with Crippen LogP contribution in [0.25, 0.3) is 0 Å². The maximum absolute atomic E-state index is 13.3. The van der Waals surface area contributed by atoms with Crippen molar-refractivity contribution >= 4 is 17.3 Å². The molecule has 86 valence electrons. The van der Waals surface area contributed by atoms with Gasteiger partial charge >= 0.3 is 0 Å². The van der Waals surface area contributed by atoms with Gasteiger partial charge in [0.25, 0.3) is 0 Å². The Balaban J connectivity index is 2.10. The summed E-state index contributed by atoms with van der Waals surface area (Å²) < 4.78 is 13.3. The zero-order chi connectivity index (χ0) is 11.5. The van der Waals surface area contributed by atoms with Crippen molar-refractivity contribution in [1.82, 2.24) is 5.32 Å². The maximum Gasteiger partial charge on any atom is 0.221 e. The van der Waals surface area contributed by atoms with Crippen molar-refractivity contribution in [2.75, 3.05) is 23.7 Å². The van der Waals surface area contributed by atoms with Crippen LogP contribution in [-0.4, -0.2) is 25.0 Å². The first-order valence-electron chi connectivity index (χ1n) is 5.19. The lowest BCUT2D eigenvalue weighted by Gasteiger charge is -2.29. The molecule has 4 nitrogen and oxygen atoms in total. The van der Waals surface area contributed by atoms with Crippen LogP contribution in [0.3, 0.4) is 0 Å². The minimum atomic E-state index is -0.424. The van der Waals surface area contributed by atoms with Crippen molar-refractivity contribution in [2.45, 2.75) is 13.0 Å². The van der Waals surface area contributed by atoms with E-state index in [1.165, 1.54) is 13.0 Å². The van der Waals surface area contributed by atoms with Gasteiger partial charge in [-0.05, 0) is 18.2 Å². The summed E-state index contributed by atoms with van der Waals surface area (Å²) in [5, 5.41) is 8.83. The van der Waals surface area contributed by atoms with Gasteiger partial charge < -0.3 is 16.0 Å². The summed E-state index contributed by atoms with van der Waals surface area (Å²) in [6.45, 7) is 3.18. The average Bonchev–Trinajstić information content (AvgIpc) is 2.15. The normalized spacial score (nSPS) is 15.4. The van der Waals surface area contributed by atoms with Crippen molar-refractivity contribution in [2.24, 2.45) is 0 Å². The first-order chi connectivity index (χ1) is 7.65. The van der Waals surface area contributed by atoms with Crippen LogP contribution in [0, 0.1) is 5.82 Å². The van der Waals surface area contributed by atoms with Crippen molar-refractivity contribution in [3.05, 3.63) is 24.0 Å². The van der Waals surface area contributed by atoms with Gasteiger partial charge in [0.2, 0.25) is 5.91 Å². The number of amides is 1. The fourth-order valence-corrected chi connectivity index (χ4v) is 1.53. The number of rotatable bonds is 3. The highest BCUT2D eigenvalue weighted by Crippen LogP contribution is 2.20. The molecule has 1 heterocycles. The number of carbonyl (C=O) groups excluding carboxylic acids is 1. The molecule has 0 spiro atoms. The third-order valence-electron chi connectivity index (χ3n) is 2.43. The number of hydrogen-bond acceptors (Lipinski definition) is 3. The minimum Gasteiger partial charge on any atom is -0.380 e. The molecule has 0 aromatic heterocycles. The van der Waals surface area contributed by atoms with E-state index in [4.69, 9.17) is 0 Å². The van der Waals surface area contributed by atoms with Crippen LogP contribution in [0.15, 0.2) is 18.2 Å². The van der Waals surface area contributed by atoms with E-state index in [1.807, 2.05) is 0 Å². The second-order valence-corrected chi connectivity index (χ2v) is 3.88. The summed E-state index contributed by atoms with van der Waals surface area (Å²) >= 11 is 0. The highest BCUT2D eigenvalue weighted by atomic mass is 19.1. The summed E-state index contributed by atoms with van der Waals surface area (Å²) in [6.07, 6.45) is 0. The van der Waals surface area contributed by atoms with Crippen molar-refractivity contribution in [3.8, 4) is 0 Å². The van der Waals surface area contributed by atoms with Gasteiger partial charge in [-0.25, -0.2) is 4.39 Å². The molecule has 0 bridgehead atoms. The van der Waals surface area contributed by atoms with E-state index in [0.29, 0.717) is 6.04 Å². The molecule has 0 aliphatic carbocycles. The van der Waals surface area contributed by atoms with E-state index in [0.717, 1.165) is 18.8 Å². The maximum atomic E-state index is 13.3. The van der Waals surface area contributed by atoms with Gasteiger partial charge in [0.05, 0.1) is 11.7 Å². The number of anilines is 2. The van der Waals surface area contributed by atoms with Gasteiger partial charge in [0, 0.05) is 25.7 Å². The summed E-state index contributed by atoms with van der Waals surface area (Å²) in [5.74, 6) is -0.700. The smallest absolute Gasteiger partial charge is 0.221 e. The van der Waals surface area contributed by atoms with Gasteiger partial charge in [-0.3, -0.25) is 4.79 Å². The number of carbonyl (C=O) groups is 1. The lowest BCUT2D eigenvalue weighted by atomic mass is 10.1. The van der Waals surface area contributed by atoms with Gasteiger partial charge in [-0.1, -0.05) is 0 Å². The first-order valence-corrected chi connectivity index (χ1v) is 5.19. The second-order valence-electron chi connectivity index (χ2n) is 3.88. The average molecular weight is 223 g/mol. The number of halogens is 1. The molecule has 2 rings (SSSR count). The Morgan fingerprint density at radius 1 is 1.50 bits per heavy atom. The molecule has 0 saturated carbocycles. The zero-order valence-electron chi connectivity index (χ0n) is 9.01. The third kappa shape index (κ3) is 2.49. The van der Waals surface area contributed by atoms with E-state index in [-0.39, 0.29) is 11.6 Å². The molecular weight excluding hydrogens is 209 g/mol. The molecule has 5 heteroatoms. The molecule has 1 saturated heterocycles. The fourth-order valence-electron chi connectivity index (χ4n) is 1.53. The Labute approximate surface area is 93.2 Å². The summed E-state index contributed by atoms with van der Waals surface area (Å²) in [4.78, 5) is 10.9. The van der Waals surface area contributed by atoms with E-state index in [1.54, 1.807) is 12.1 Å². The minimum absolute atomic E-state index is 0.213. The third-order valence-corrected chi connectivity index (χ3v) is 2.43. The molecule has 1 aliphatic heterocycles. The fraction of sp³-hybridized carbons (Fsp3) is 0.364. The Kier molecular flexibility index (Phi) is 3.05. The number of hydrogen-bond donors (Lipinski definition) is 3. The van der Waals surface area contributed by atoms with Crippen LogP contribution >= 0.6 is 0 Å². The molecular formula is C11H14FN3O. The second kappa shape index (κ2) is 4.49. The first kappa shape index (κ1) is 10.9. The van der Waals surface area contributed by atoms with Gasteiger partial charge in [0.15, 0.2) is 0 Å². The predicted molar refractivity (Wildman–Crippen MR) is 61.0 cm³/mol. The lowest BCUT2D eigenvalue weighted by Crippen LogP contribution is -2.51. The van der Waals surface area contributed by atoms with E-state index >= 15 is 0 Å². The molecule has 16 heavy (non-hydrogen) atoms. The molecule has 1 aromatic carbocycles. The van der Waals surface area contributed by atoms with Crippen molar-refractivity contribution in [3.63, 3.8) is 0 Å². The topological polar surface area (TPSA) is 53.2 Å². The van der Waals surface area contributed by atoms with Gasteiger partial charge in [-0.2, -0.15) is 0 Å². The van der Waals surface area contributed by atoms with Gasteiger partial charge in [0.1, 0.15) is 5.82 Å². The van der Waals surface area contributed by atoms with E-state index < -0.39 is 5.82 Å². The molecule has 1 fully saturated rings. The Hall–Kier alpha value is -1.62. The number of nitrogens with one attached hydrogen (secondary N) is 3. The number of benzene rings is 1. The largest absolute Gasteiger partial charge is 0.380 e. The van der Waals surface area contributed by atoms with Crippen LogP contribution in [0.5, 0.6) is 0 Å². The molecule has 0 unspecified atom stereocenters. The lowest BCUT2D eigenvalue weighted by molar-refractivity contribution is -0.114. The Morgan fingerprint density at radius 2 is 2.25 bits per heavy atom.